The second-order valence-corrected chi connectivity index (χ2v) is 7.55. The van der Waals surface area contributed by atoms with Gasteiger partial charge in [0.15, 0.2) is 0 Å². The molecule has 1 heterocycles. The van der Waals surface area contributed by atoms with E-state index in [-0.39, 0.29) is 0 Å². The molecule has 2 fully saturated rings. The van der Waals surface area contributed by atoms with Crippen molar-refractivity contribution in [2.75, 3.05) is 13.1 Å². The van der Waals surface area contributed by atoms with E-state index >= 15 is 0 Å². The molecule has 1 N–H and O–H groups in total. The van der Waals surface area contributed by atoms with Crippen LogP contribution in [0.2, 0.25) is 0 Å². The zero-order valence-electron chi connectivity index (χ0n) is 12.6. The van der Waals surface area contributed by atoms with Gasteiger partial charge in [-0.15, -0.1) is 21.5 Å². The van der Waals surface area contributed by atoms with Crippen LogP contribution in [0, 0.1) is 11.8 Å². The molecule has 3 atom stereocenters. The van der Waals surface area contributed by atoms with Gasteiger partial charge in [0.25, 0.3) is 0 Å². The average molecular weight is 293 g/mol. The summed E-state index contributed by atoms with van der Waals surface area (Å²) in [5.41, 5.74) is 0. The molecule has 3 unspecified atom stereocenters. The van der Waals surface area contributed by atoms with Crippen molar-refractivity contribution in [1.29, 1.82) is 0 Å². The first-order chi connectivity index (χ1) is 9.86. The van der Waals surface area contributed by atoms with Crippen LogP contribution in [0.5, 0.6) is 0 Å². The second-order valence-electron chi connectivity index (χ2n) is 6.45. The number of fused-ring (bicyclic) bond motifs is 1. The topological polar surface area (TPSA) is 37.8 Å². The molecule has 0 aliphatic heterocycles. The van der Waals surface area contributed by atoms with Crippen molar-refractivity contribution >= 4 is 11.3 Å². The maximum atomic E-state index is 4.50. The minimum atomic E-state index is 0.708. The van der Waals surface area contributed by atoms with Gasteiger partial charge in [-0.1, -0.05) is 32.6 Å². The molecule has 4 heteroatoms. The van der Waals surface area contributed by atoms with Gasteiger partial charge in [0.1, 0.15) is 10.0 Å². The number of rotatable bonds is 5. The van der Waals surface area contributed by atoms with Crippen molar-refractivity contribution in [2.24, 2.45) is 11.8 Å². The van der Waals surface area contributed by atoms with E-state index in [1.165, 1.54) is 55.0 Å². The zero-order chi connectivity index (χ0) is 13.8. The zero-order valence-corrected chi connectivity index (χ0v) is 13.4. The van der Waals surface area contributed by atoms with Gasteiger partial charge in [0, 0.05) is 18.9 Å². The fraction of sp³-hybridized carbons (Fsp3) is 0.875. The Labute approximate surface area is 126 Å². The molecular weight excluding hydrogens is 266 g/mol. The summed E-state index contributed by atoms with van der Waals surface area (Å²) in [5.74, 6) is 2.72. The van der Waals surface area contributed by atoms with Crippen LogP contribution in [0.3, 0.4) is 0 Å². The van der Waals surface area contributed by atoms with Crippen molar-refractivity contribution in [3.8, 4) is 0 Å². The third-order valence-electron chi connectivity index (χ3n) is 5.14. The van der Waals surface area contributed by atoms with Gasteiger partial charge in [-0.3, -0.25) is 0 Å². The molecule has 0 amide bonds. The standard InChI is InChI=1S/C16H27N3S/c1-2-17-10-9-15-18-19-16(20-15)14-8-7-12-5-3-4-6-13(12)11-14/h12-14,17H,2-11H2,1H3. The van der Waals surface area contributed by atoms with Crippen molar-refractivity contribution in [1.82, 2.24) is 15.5 Å². The molecule has 0 aromatic carbocycles. The number of nitrogens with zero attached hydrogens (tertiary/aromatic N) is 2. The largest absolute Gasteiger partial charge is 0.317 e. The van der Waals surface area contributed by atoms with Gasteiger partial charge in [0.05, 0.1) is 0 Å². The Hall–Kier alpha value is -0.480. The van der Waals surface area contributed by atoms with Crippen LogP contribution in [0.15, 0.2) is 0 Å². The smallest absolute Gasteiger partial charge is 0.120 e. The van der Waals surface area contributed by atoms with Crippen LogP contribution in [0.4, 0.5) is 0 Å². The Bertz CT molecular complexity index is 418. The molecule has 20 heavy (non-hydrogen) atoms. The molecule has 2 aliphatic carbocycles. The van der Waals surface area contributed by atoms with E-state index in [0.29, 0.717) is 5.92 Å². The number of aromatic nitrogens is 2. The summed E-state index contributed by atoms with van der Waals surface area (Å²) in [7, 11) is 0. The molecule has 0 bridgehead atoms. The first-order valence-electron chi connectivity index (χ1n) is 8.39. The molecule has 112 valence electrons. The van der Waals surface area contributed by atoms with E-state index < -0.39 is 0 Å². The van der Waals surface area contributed by atoms with Gasteiger partial charge < -0.3 is 5.32 Å². The summed E-state index contributed by atoms with van der Waals surface area (Å²) in [6.07, 6.45) is 11.1. The van der Waals surface area contributed by atoms with E-state index in [9.17, 15) is 0 Å². The summed E-state index contributed by atoms with van der Waals surface area (Å²) in [6, 6.07) is 0. The highest BCUT2D eigenvalue weighted by molar-refractivity contribution is 7.11. The van der Waals surface area contributed by atoms with Crippen LogP contribution < -0.4 is 5.32 Å². The summed E-state index contributed by atoms with van der Waals surface area (Å²) < 4.78 is 0. The van der Waals surface area contributed by atoms with Gasteiger partial charge in [0.2, 0.25) is 0 Å². The Kier molecular flexibility index (Phi) is 5.05. The Morgan fingerprint density at radius 3 is 2.80 bits per heavy atom. The number of nitrogens with one attached hydrogen (secondary N) is 1. The van der Waals surface area contributed by atoms with Crippen LogP contribution in [-0.4, -0.2) is 23.3 Å². The molecule has 0 spiro atoms. The summed E-state index contributed by atoms with van der Waals surface area (Å²) in [5, 5.41) is 14.8. The lowest BCUT2D eigenvalue weighted by atomic mass is 9.68. The molecule has 3 nitrogen and oxygen atoms in total. The van der Waals surface area contributed by atoms with E-state index in [1.807, 2.05) is 11.3 Å². The lowest BCUT2D eigenvalue weighted by Gasteiger charge is -2.38. The minimum absolute atomic E-state index is 0.708. The molecular formula is C16H27N3S. The lowest BCUT2D eigenvalue weighted by molar-refractivity contribution is 0.155. The molecule has 2 aliphatic rings. The third-order valence-corrected chi connectivity index (χ3v) is 6.28. The number of hydrogen-bond acceptors (Lipinski definition) is 4. The first-order valence-corrected chi connectivity index (χ1v) is 9.21. The average Bonchev–Trinajstić information content (AvgIpc) is 2.96. The predicted molar refractivity (Wildman–Crippen MR) is 84.2 cm³/mol. The van der Waals surface area contributed by atoms with Crippen molar-refractivity contribution < 1.29 is 0 Å². The Balaban J connectivity index is 1.56. The van der Waals surface area contributed by atoms with Crippen LogP contribution in [-0.2, 0) is 6.42 Å². The van der Waals surface area contributed by atoms with Gasteiger partial charge >= 0.3 is 0 Å². The number of hydrogen-bond donors (Lipinski definition) is 1. The highest BCUT2D eigenvalue weighted by Gasteiger charge is 2.33. The SMILES string of the molecule is CCNCCc1nnc(C2CCC3CCCCC3C2)s1. The van der Waals surface area contributed by atoms with E-state index in [4.69, 9.17) is 0 Å². The predicted octanol–water partition coefficient (Wildman–Crippen LogP) is 3.76. The van der Waals surface area contributed by atoms with Gasteiger partial charge in [-0.2, -0.15) is 0 Å². The van der Waals surface area contributed by atoms with E-state index in [0.717, 1.165) is 31.3 Å². The van der Waals surface area contributed by atoms with E-state index in [1.54, 1.807) is 0 Å². The van der Waals surface area contributed by atoms with Crippen molar-refractivity contribution in [3.05, 3.63) is 10.0 Å². The molecule has 1 aromatic heterocycles. The summed E-state index contributed by atoms with van der Waals surface area (Å²) in [6.45, 7) is 4.21. The molecule has 2 saturated carbocycles. The van der Waals surface area contributed by atoms with Crippen LogP contribution in [0.25, 0.3) is 0 Å². The maximum absolute atomic E-state index is 4.50. The molecule has 0 saturated heterocycles. The Morgan fingerprint density at radius 1 is 1.10 bits per heavy atom. The van der Waals surface area contributed by atoms with Gasteiger partial charge in [-0.25, -0.2) is 0 Å². The molecule has 1 aromatic rings. The second kappa shape index (κ2) is 6.99. The third kappa shape index (κ3) is 3.40. The quantitative estimate of drug-likeness (QED) is 0.840. The highest BCUT2D eigenvalue weighted by Crippen LogP contribution is 2.46. The van der Waals surface area contributed by atoms with Gasteiger partial charge in [-0.05, 0) is 37.6 Å². The molecule has 3 rings (SSSR count). The first kappa shape index (κ1) is 14.5. The van der Waals surface area contributed by atoms with E-state index in [2.05, 4.69) is 22.4 Å². The van der Waals surface area contributed by atoms with Crippen molar-refractivity contribution in [3.63, 3.8) is 0 Å². The fourth-order valence-corrected chi connectivity index (χ4v) is 4.99. The van der Waals surface area contributed by atoms with Crippen LogP contribution >= 0.6 is 11.3 Å². The summed E-state index contributed by atoms with van der Waals surface area (Å²) in [4.78, 5) is 0. The van der Waals surface area contributed by atoms with Crippen molar-refractivity contribution in [2.45, 2.75) is 64.2 Å². The summed E-state index contributed by atoms with van der Waals surface area (Å²) >= 11 is 1.87. The Morgan fingerprint density at radius 2 is 1.95 bits per heavy atom. The number of likely N-dealkylation sites (N-methyl/N-ethyl adjacent to an activating group) is 1. The molecule has 0 radical (unpaired) electrons. The monoisotopic (exact) mass is 293 g/mol. The fourth-order valence-electron chi connectivity index (χ4n) is 4.00. The minimum Gasteiger partial charge on any atom is -0.317 e. The maximum Gasteiger partial charge on any atom is 0.120 e. The highest BCUT2D eigenvalue weighted by atomic mass is 32.1. The lowest BCUT2D eigenvalue weighted by Crippen LogP contribution is -2.26. The normalized spacial score (nSPS) is 30.1. The van der Waals surface area contributed by atoms with Crippen LogP contribution in [0.1, 0.15) is 67.8 Å².